The lowest BCUT2D eigenvalue weighted by molar-refractivity contribution is 0.0557. The van der Waals surface area contributed by atoms with E-state index >= 15 is 0 Å². The minimum Gasteiger partial charge on any atom is -0.388 e. The number of pyridine rings is 1. The molecule has 1 atom stereocenters. The van der Waals surface area contributed by atoms with Gasteiger partial charge < -0.3 is 15.7 Å². The van der Waals surface area contributed by atoms with Crippen LogP contribution in [0.15, 0.2) is 18.3 Å². The summed E-state index contributed by atoms with van der Waals surface area (Å²) in [6.07, 6.45) is 5.78. The van der Waals surface area contributed by atoms with Crippen LogP contribution in [0, 0.1) is 0 Å². The molecular formula is C14H23N3O. The van der Waals surface area contributed by atoms with E-state index in [1.807, 2.05) is 31.0 Å². The minimum atomic E-state index is -0.554. The molecule has 1 aliphatic rings. The second-order valence-electron chi connectivity index (χ2n) is 5.49. The zero-order chi connectivity index (χ0) is 13.2. The zero-order valence-electron chi connectivity index (χ0n) is 11.3. The van der Waals surface area contributed by atoms with Crippen LogP contribution < -0.4 is 10.6 Å². The summed E-state index contributed by atoms with van der Waals surface area (Å²) < 4.78 is 0. The molecule has 1 aromatic heterocycles. The smallest absolute Gasteiger partial charge is 0.133 e. The number of aliphatic hydroxyl groups is 1. The van der Waals surface area contributed by atoms with Gasteiger partial charge in [-0.15, -0.1) is 0 Å². The van der Waals surface area contributed by atoms with Crippen LogP contribution in [0.1, 0.15) is 44.2 Å². The lowest BCUT2D eigenvalue weighted by Crippen LogP contribution is -2.40. The van der Waals surface area contributed by atoms with Gasteiger partial charge in [0.1, 0.15) is 5.82 Å². The Balaban J connectivity index is 2.15. The predicted octanol–water partition coefficient (Wildman–Crippen LogP) is 1.84. The van der Waals surface area contributed by atoms with Crippen LogP contribution in [0.25, 0.3) is 0 Å². The van der Waals surface area contributed by atoms with Gasteiger partial charge in [-0.3, -0.25) is 0 Å². The average Bonchev–Trinajstić information content (AvgIpc) is 2.75. The lowest BCUT2D eigenvalue weighted by atomic mass is 10.0. The van der Waals surface area contributed by atoms with E-state index in [9.17, 15) is 5.11 Å². The molecule has 1 saturated carbocycles. The predicted molar refractivity (Wildman–Crippen MR) is 73.5 cm³/mol. The van der Waals surface area contributed by atoms with Crippen molar-refractivity contribution >= 4 is 5.82 Å². The number of hydrogen-bond acceptors (Lipinski definition) is 4. The summed E-state index contributed by atoms with van der Waals surface area (Å²) in [5.74, 6) is 0.882. The molecule has 1 heterocycles. The molecule has 3 N–H and O–H groups in total. The van der Waals surface area contributed by atoms with Gasteiger partial charge in [0.15, 0.2) is 0 Å². The van der Waals surface area contributed by atoms with Crippen molar-refractivity contribution in [2.24, 2.45) is 5.73 Å². The van der Waals surface area contributed by atoms with Gasteiger partial charge >= 0.3 is 0 Å². The Hall–Kier alpha value is -1.13. The van der Waals surface area contributed by atoms with Crippen molar-refractivity contribution in [3.05, 3.63) is 23.9 Å². The molecule has 0 amide bonds. The Labute approximate surface area is 109 Å². The maximum absolute atomic E-state index is 10.5. The monoisotopic (exact) mass is 249 g/mol. The van der Waals surface area contributed by atoms with Crippen molar-refractivity contribution < 1.29 is 5.11 Å². The van der Waals surface area contributed by atoms with Crippen LogP contribution in [-0.4, -0.2) is 29.3 Å². The highest BCUT2D eigenvalue weighted by molar-refractivity contribution is 5.47. The first-order chi connectivity index (χ1) is 8.52. The van der Waals surface area contributed by atoms with Gasteiger partial charge in [0.25, 0.3) is 0 Å². The number of nitrogens with two attached hydrogens (primary N) is 1. The molecule has 0 radical (unpaired) electrons. The van der Waals surface area contributed by atoms with E-state index in [1.165, 1.54) is 0 Å². The molecule has 0 aliphatic heterocycles. The fourth-order valence-electron chi connectivity index (χ4n) is 2.79. The van der Waals surface area contributed by atoms with Crippen LogP contribution in [0.5, 0.6) is 0 Å². The standard InChI is InChI=1S/C14H23N3O/c1-11(15)12-6-5-9-16-13(12)17(2)10-14(18)7-3-4-8-14/h5-6,9,11,18H,3-4,7-8,10,15H2,1-2H3/t11-/m0/s1. The Bertz CT molecular complexity index is 400. The van der Waals surface area contributed by atoms with Gasteiger partial charge in [-0.25, -0.2) is 4.98 Å². The van der Waals surface area contributed by atoms with Gasteiger partial charge in [-0.1, -0.05) is 18.9 Å². The van der Waals surface area contributed by atoms with Crippen molar-refractivity contribution in [3.8, 4) is 0 Å². The molecule has 2 rings (SSSR count). The fourth-order valence-corrected chi connectivity index (χ4v) is 2.79. The van der Waals surface area contributed by atoms with Gasteiger partial charge in [0.05, 0.1) is 5.60 Å². The Kier molecular flexibility index (Phi) is 3.88. The molecule has 0 unspecified atom stereocenters. The number of aromatic nitrogens is 1. The van der Waals surface area contributed by atoms with Crippen molar-refractivity contribution in [1.82, 2.24) is 4.98 Å². The summed E-state index contributed by atoms with van der Waals surface area (Å²) in [5, 5.41) is 10.5. The highest BCUT2D eigenvalue weighted by Crippen LogP contribution is 2.32. The van der Waals surface area contributed by atoms with E-state index in [1.54, 1.807) is 6.20 Å². The molecule has 0 spiro atoms. The lowest BCUT2D eigenvalue weighted by Gasteiger charge is -2.30. The number of hydrogen-bond donors (Lipinski definition) is 2. The third kappa shape index (κ3) is 2.82. The molecular weight excluding hydrogens is 226 g/mol. The van der Waals surface area contributed by atoms with Crippen molar-refractivity contribution in [3.63, 3.8) is 0 Å². The van der Waals surface area contributed by atoms with Gasteiger partial charge in [-0.2, -0.15) is 0 Å². The maximum Gasteiger partial charge on any atom is 0.133 e. The van der Waals surface area contributed by atoms with Crippen molar-refractivity contribution in [2.75, 3.05) is 18.5 Å². The van der Waals surface area contributed by atoms with Crippen LogP contribution >= 0.6 is 0 Å². The van der Waals surface area contributed by atoms with E-state index in [0.29, 0.717) is 6.54 Å². The molecule has 1 aromatic rings. The first kappa shape index (κ1) is 13.3. The molecule has 18 heavy (non-hydrogen) atoms. The second-order valence-corrected chi connectivity index (χ2v) is 5.49. The number of anilines is 1. The Morgan fingerprint density at radius 3 is 2.78 bits per heavy atom. The van der Waals surface area contributed by atoms with E-state index in [-0.39, 0.29) is 6.04 Å². The molecule has 0 aromatic carbocycles. The van der Waals surface area contributed by atoms with Crippen LogP contribution in [-0.2, 0) is 0 Å². The highest BCUT2D eigenvalue weighted by Gasteiger charge is 2.33. The fraction of sp³-hybridized carbons (Fsp3) is 0.643. The number of likely N-dealkylation sites (N-methyl/N-ethyl adjacent to an activating group) is 1. The first-order valence-electron chi connectivity index (χ1n) is 6.66. The average molecular weight is 249 g/mol. The molecule has 0 saturated heterocycles. The summed E-state index contributed by atoms with van der Waals surface area (Å²) in [6, 6.07) is 3.86. The topological polar surface area (TPSA) is 62.4 Å². The first-order valence-corrected chi connectivity index (χ1v) is 6.66. The summed E-state index contributed by atoms with van der Waals surface area (Å²) in [5.41, 5.74) is 6.44. The van der Waals surface area contributed by atoms with E-state index in [0.717, 1.165) is 37.1 Å². The van der Waals surface area contributed by atoms with E-state index in [2.05, 4.69) is 4.98 Å². The second kappa shape index (κ2) is 5.24. The number of nitrogens with zero attached hydrogens (tertiary/aromatic N) is 2. The normalized spacial score (nSPS) is 19.8. The van der Waals surface area contributed by atoms with E-state index in [4.69, 9.17) is 5.73 Å². The van der Waals surface area contributed by atoms with Gasteiger partial charge in [-0.05, 0) is 25.8 Å². The Morgan fingerprint density at radius 1 is 1.50 bits per heavy atom. The number of rotatable bonds is 4. The molecule has 4 nitrogen and oxygen atoms in total. The van der Waals surface area contributed by atoms with E-state index < -0.39 is 5.60 Å². The minimum absolute atomic E-state index is 0.0469. The SMILES string of the molecule is C[C@H](N)c1cccnc1N(C)CC1(O)CCCC1. The molecule has 100 valence electrons. The maximum atomic E-state index is 10.5. The highest BCUT2D eigenvalue weighted by atomic mass is 16.3. The summed E-state index contributed by atoms with van der Waals surface area (Å²) in [7, 11) is 1.98. The largest absolute Gasteiger partial charge is 0.388 e. The molecule has 4 heteroatoms. The van der Waals surface area contributed by atoms with Crippen LogP contribution in [0.3, 0.4) is 0 Å². The Morgan fingerprint density at radius 2 is 2.17 bits per heavy atom. The van der Waals surface area contributed by atoms with Gasteiger partial charge in [0, 0.05) is 31.4 Å². The van der Waals surface area contributed by atoms with Crippen LogP contribution in [0.2, 0.25) is 0 Å². The van der Waals surface area contributed by atoms with Crippen molar-refractivity contribution in [2.45, 2.75) is 44.2 Å². The van der Waals surface area contributed by atoms with Gasteiger partial charge in [0.2, 0.25) is 0 Å². The van der Waals surface area contributed by atoms with Crippen LogP contribution in [0.4, 0.5) is 5.82 Å². The third-order valence-electron chi connectivity index (χ3n) is 3.73. The summed E-state index contributed by atoms with van der Waals surface area (Å²) >= 11 is 0. The molecule has 1 fully saturated rings. The van der Waals surface area contributed by atoms with Crippen molar-refractivity contribution in [1.29, 1.82) is 0 Å². The summed E-state index contributed by atoms with van der Waals surface area (Å²) in [4.78, 5) is 6.44. The molecule has 0 bridgehead atoms. The quantitative estimate of drug-likeness (QED) is 0.854. The molecule has 1 aliphatic carbocycles. The summed E-state index contributed by atoms with van der Waals surface area (Å²) in [6.45, 7) is 2.59. The zero-order valence-corrected chi connectivity index (χ0v) is 11.3. The third-order valence-corrected chi connectivity index (χ3v) is 3.73.